The van der Waals surface area contributed by atoms with E-state index in [1.165, 1.54) is 6.42 Å². The lowest BCUT2D eigenvalue weighted by Gasteiger charge is -2.34. The molecule has 4 rings (SSSR count). The van der Waals surface area contributed by atoms with Gasteiger partial charge in [0.25, 0.3) is 10.0 Å². The molecule has 0 spiro atoms. The number of para-hydroxylation sites is 1. The summed E-state index contributed by atoms with van der Waals surface area (Å²) in [6.07, 6.45) is 5.61. The summed E-state index contributed by atoms with van der Waals surface area (Å²) < 4.78 is 29.0. The number of nitrogens with one attached hydrogen (secondary N) is 1. The molecule has 1 aliphatic rings. The van der Waals surface area contributed by atoms with Crippen LogP contribution in [0.5, 0.6) is 0 Å². The fourth-order valence-electron chi connectivity index (χ4n) is 5.31. The van der Waals surface area contributed by atoms with Crippen molar-refractivity contribution in [2.75, 3.05) is 10.8 Å². The Kier molecular flexibility index (Phi) is 10.2. The minimum Gasteiger partial charge on any atom is -0.352 e. The van der Waals surface area contributed by atoms with E-state index in [1.54, 1.807) is 59.5 Å². The van der Waals surface area contributed by atoms with E-state index >= 15 is 0 Å². The van der Waals surface area contributed by atoms with Crippen LogP contribution in [0.3, 0.4) is 0 Å². The highest BCUT2D eigenvalue weighted by atomic mass is 32.2. The Labute approximate surface area is 244 Å². The molecule has 8 heteroatoms. The van der Waals surface area contributed by atoms with Gasteiger partial charge in [-0.3, -0.25) is 13.9 Å². The first-order valence-electron chi connectivity index (χ1n) is 14.5. The monoisotopic (exact) mass is 575 g/mol. The minimum absolute atomic E-state index is 0.101. The zero-order valence-corrected chi connectivity index (χ0v) is 25.1. The summed E-state index contributed by atoms with van der Waals surface area (Å²) in [5.41, 5.74) is 3.29. The van der Waals surface area contributed by atoms with E-state index in [1.807, 2.05) is 45.0 Å². The van der Waals surface area contributed by atoms with E-state index < -0.39 is 28.5 Å². The van der Waals surface area contributed by atoms with E-state index in [4.69, 9.17) is 0 Å². The van der Waals surface area contributed by atoms with Crippen LogP contribution in [-0.2, 0) is 26.2 Å². The number of amides is 2. The Hall–Kier alpha value is -3.65. The molecule has 1 atom stereocenters. The highest BCUT2D eigenvalue weighted by molar-refractivity contribution is 7.92. The lowest BCUT2D eigenvalue weighted by molar-refractivity contribution is -0.140. The van der Waals surface area contributed by atoms with Crippen LogP contribution >= 0.6 is 0 Å². The van der Waals surface area contributed by atoms with Crippen LogP contribution in [-0.4, -0.2) is 43.8 Å². The number of nitrogens with zero attached hydrogens (tertiary/aromatic N) is 2. The fourth-order valence-corrected chi connectivity index (χ4v) is 6.73. The molecule has 0 saturated heterocycles. The van der Waals surface area contributed by atoms with Crippen molar-refractivity contribution in [2.24, 2.45) is 0 Å². The number of carbonyl (C=O) groups is 2. The van der Waals surface area contributed by atoms with Crippen molar-refractivity contribution in [1.82, 2.24) is 10.2 Å². The second-order valence-corrected chi connectivity index (χ2v) is 12.8. The van der Waals surface area contributed by atoms with Crippen molar-refractivity contribution >= 4 is 27.5 Å². The molecule has 3 aromatic carbocycles. The van der Waals surface area contributed by atoms with E-state index in [0.29, 0.717) is 12.1 Å². The van der Waals surface area contributed by atoms with E-state index in [0.717, 1.165) is 46.7 Å². The summed E-state index contributed by atoms with van der Waals surface area (Å²) >= 11 is 0. The molecule has 0 unspecified atom stereocenters. The zero-order valence-electron chi connectivity index (χ0n) is 24.3. The molecule has 3 aromatic rings. The lowest BCUT2D eigenvalue weighted by atomic mass is 9.95. The van der Waals surface area contributed by atoms with Gasteiger partial charge in [-0.25, -0.2) is 8.42 Å². The maximum Gasteiger partial charge on any atom is 0.264 e. The van der Waals surface area contributed by atoms with Gasteiger partial charge < -0.3 is 10.2 Å². The fraction of sp³-hybridized carbons (Fsp3) is 0.394. The first-order chi connectivity index (χ1) is 19.7. The quantitative estimate of drug-likeness (QED) is 0.315. The van der Waals surface area contributed by atoms with Crippen LogP contribution in [0.1, 0.15) is 62.1 Å². The van der Waals surface area contributed by atoms with Crippen LogP contribution < -0.4 is 9.62 Å². The van der Waals surface area contributed by atoms with E-state index in [9.17, 15) is 18.0 Å². The van der Waals surface area contributed by atoms with E-state index in [2.05, 4.69) is 5.32 Å². The first kappa shape index (κ1) is 30.3. The summed E-state index contributed by atoms with van der Waals surface area (Å²) in [5, 5.41) is 3.18. The number of hydrogen-bond acceptors (Lipinski definition) is 4. The van der Waals surface area contributed by atoms with Gasteiger partial charge in [-0.15, -0.1) is 0 Å². The maximum atomic E-state index is 14.2. The summed E-state index contributed by atoms with van der Waals surface area (Å²) in [6.45, 7) is 5.54. The average molecular weight is 576 g/mol. The standard InChI is InChI=1S/C33H41N3O4S/c1-4-31(33(38)34-28-11-7-5-8-12-28)35(23-27-19-15-25(2)16-20-27)32(37)24-36(29-13-9-6-10-14-29)41(39,40)30-21-17-26(3)18-22-30/h6,9-10,13-22,28,31H,4-5,7-8,11-12,23-24H2,1-3H3,(H,34,38)/t31-/m1/s1. The number of benzene rings is 3. The SMILES string of the molecule is CC[C@H](C(=O)NC1CCCCC1)N(Cc1ccc(C)cc1)C(=O)CN(c1ccccc1)S(=O)(=O)c1ccc(C)cc1. The summed E-state index contributed by atoms with van der Waals surface area (Å²) in [6, 6.07) is 22.4. The van der Waals surface area contributed by atoms with Crippen LogP contribution in [0.25, 0.3) is 0 Å². The van der Waals surface area contributed by atoms with Gasteiger partial charge >= 0.3 is 0 Å². The second-order valence-electron chi connectivity index (χ2n) is 10.9. The highest BCUT2D eigenvalue weighted by Crippen LogP contribution is 2.25. The number of carbonyl (C=O) groups excluding carboxylic acids is 2. The minimum atomic E-state index is -4.07. The van der Waals surface area contributed by atoms with Crippen molar-refractivity contribution in [3.05, 3.63) is 95.6 Å². The van der Waals surface area contributed by atoms with Gasteiger partial charge in [0, 0.05) is 12.6 Å². The number of sulfonamides is 1. The molecule has 0 heterocycles. The van der Waals surface area contributed by atoms with Crippen molar-refractivity contribution in [3.63, 3.8) is 0 Å². The topological polar surface area (TPSA) is 86.8 Å². The number of hydrogen-bond donors (Lipinski definition) is 1. The molecule has 7 nitrogen and oxygen atoms in total. The third-order valence-corrected chi connectivity index (χ3v) is 9.53. The molecule has 0 bridgehead atoms. The molecule has 2 amide bonds. The Morgan fingerprint density at radius 1 is 0.854 bits per heavy atom. The van der Waals surface area contributed by atoms with Crippen LogP contribution in [0, 0.1) is 13.8 Å². The van der Waals surface area contributed by atoms with Gasteiger partial charge in [-0.1, -0.05) is 91.9 Å². The summed E-state index contributed by atoms with van der Waals surface area (Å²) in [7, 11) is -4.07. The Bertz CT molecular complexity index is 1400. The average Bonchev–Trinajstić information content (AvgIpc) is 2.98. The molecule has 0 aliphatic heterocycles. The molecule has 41 heavy (non-hydrogen) atoms. The molecule has 218 valence electrons. The Morgan fingerprint density at radius 2 is 1.44 bits per heavy atom. The molecule has 0 aromatic heterocycles. The normalized spacial score (nSPS) is 14.7. The molecule has 1 fully saturated rings. The van der Waals surface area contributed by atoms with Crippen molar-refractivity contribution in [3.8, 4) is 0 Å². The maximum absolute atomic E-state index is 14.2. The molecular weight excluding hydrogens is 534 g/mol. The molecular formula is C33H41N3O4S. The molecule has 1 N–H and O–H groups in total. The Morgan fingerprint density at radius 3 is 2.02 bits per heavy atom. The zero-order chi connectivity index (χ0) is 29.4. The van der Waals surface area contributed by atoms with Gasteiger partial charge in [0.15, 0.2) is 0 Å². The second kappa shape index (κ2) is 13.8. The van der Waals surface area contributed by atoms with Crippen LogP contribution in [0.4, 0.5) is 5.69 Å². The largest absolute Gasteiger partial charge is 0.352 e. The van der Waals surface area contributed by atoms with Crippen molar-refractivity contribution < 1.29 is 18.0 Å². The third kappa shape index (κ3) is 7.76. The smallest absolute Gasteiger partial charge is 0.264 e. The van der Waals surface area contributed by atoms with Gasteiger partial charge in [-0.05, 0) is 62.9 Å². The number of aryl methyl sites for hydroxylation is 2. The third-order valence-electron chi connectivity index (χ3n) is 7.74. The van der Waals surface area contributed by atoms with Gasteiger partial charge in [0.1, 0.15) is 12.6 Å². The van der Waals surface area contributed by atoms with E-state index in [-0.39, 0.29) is 23.4 Å². The van der Waals surface area contributed by atoms with Crippen LogP contribution in [0.2, 0.25) is 0 Å². The predicted octanol–water partition coefficient (Wildman–Crippen LogP) is 5.76. The first-order valence-corrected chi connectivity index (χ1v) is 15.9. The lowest BCUT2D eigenvalue weighted by Crippen LogP contribution is -2.54. The molecule has 1 saturated carbocycles. The van der Waals surface area contributed by atoms with Gasteiger partial charge in [0.05, 0.1) is 10.6 Å². The van der Waals surface area contributed by atoms with Gasteiger partial charge in [-0.2, -0.15) is 0 Å². The van der Waals surface area contributed by atoms with Crippen molar-refractivity contribution in [2.45, 2.75) is 82.8 Å². The van der Waals surface area contributed by atoms with Crippen LogP contribution in [0.15, 0.2) is 83.8 Å². The Balaban J connectivity index is 1.68. The number of rotatable bonds is 11. The highest BCUT2D eigenvalue weighted by Gasteiger charge is 2.34. The predicted molar refractivity (Wildman–Crippen MR) is 163 cm³/mol. The van der Waals surface area contributed by atoms with Gasteiger partial charge in [0.2, 0.25) is 11.8 Å². The number of anilines is 1. The summed E-state index contributed by atoms with van der Waals surface area (Å²) in [4.78, 5) is 29.4. The molecule has 1 aliphatic carbocycles. The summed E-state index contributed by atoms with van der Waals surface area (Å²) in [5.74, 6) is -0.622. The molecule has 0 radical (unpaired) electrons. The van der Waals surface area contributed by atoms with Crippen molar-refractivity contribution in [1.29, 1.82) is 0 Å².